The molecule has 0 atom stereocenters. The molecule has 0 saturated carbocycles. The molecule has 0 amide bonds. The second kappa shape index (κ2) is 6.06. The van der Waals surface area contributed by atoms with E-state index in [-0.39, 0.29) is 16.9 Å². The molecule has 9 heteroatoms. The predicted octanol–water partition coefficient (Wildman–Crippen LogP) is 2.83. The standard InChI is InChI=1S/C18H13N5O4/c1-27-18(24)14-12-4-2-3-5-13(12)22-17(15(14)19)16(20-21-22)10-6-8-11(9-7-10)23(25)26/h2-9H,19H2,1H3. The average Bonchev–Trinajstić information content (AvgIpc) is 3.13. The summed E-state index contributed by atoms with van der Waals surface area (Å²) in [5.74, 6) is -0.568. The number of non-ortho nitro benzene ring substituents is 1. The third-order valence-corrected chi connectivity index (χ3v) is 4.34. The van der Waals surface area contributed by atoms with Crippen LogP contribution in [-0.2, 0) is 4.74 Å². The number of para-hydroxylation sites is 1. The van der Waals surface area contributed by atoms with Crippen LogP contribution in [0.1, 0.15) is 10.4 Å². The maximum Gasteiger partial charge on any atom is 0.340 e. The van der Waals surface area contributed by atoms with E-state index in [9.17, 15) is 14.9 Å². The zero-order chi connectivity index (χ0) is 19.1. The van der Waals surface area contributed by atoms with Gasteiger partial charge in [-0.25, -0.2) is 9.31 Å². The number of nitro groups is 1. The number of anilines is 1. The molecular weight excluding hydrogens is 350 g/mol. The largest absolute Gasteiger partial charge is 0.465 e. The summed E-state index contributed by atoms with van der Waals surface area (Å²) < 4.78 is 6.44. The van der Waals surface area contributed by atoms with Gasteiger partial charge in [0.05, 0.1) is 28.8 Å². The lowest BCUT2D eigenvalue weighted by Crippen LogP contribution is -2.09. The number of carbonyl (C=O) groups excluding carboxylic acids is 1. The number of pyridine rings is 1. The van der Waals surface area contributed by atoms with Gasteiger partial charge in [0.2, 0.25) is 0 Å². The smallest absolute Gasteiger partial charge is 0.340 e. The third-order valence-electron chi connectivity index (χ3n) is 4.34. The lowest BCUT2D eigenvalue weighted by Gasteiger charge is -2.11. The molecule has 4 rings (SSSR count). The summed E-state index contributed by atoms with van der Waals surface area (Å²) in [6.45, 7) is 0. The molecule has 2 aromatic carbocycles. The van der Waals surface area contributed by atoms with Crippen molar-refractivity contribution in [3.63, 3.8) is 0 Å². The molecule has 4 aromatic rings. The Bertz CT molecular complexity index is 1210. The van der Waals surface area contributed by atoms with Crippen LogP contribution >= 0.6 is 0 Å². The summed E-state index contributed by atoms with van der Waals surface area (Å²) >= 11 is 0. The predicted molar refractivity (Wildman–Crippen MR) is 98.3 cm³/mol. The summed E-state index contributed by atoms with van der Waals surface area (Å²) in [4.78, 5) is 22.7. The normalized spacial score (nSPS) is 11.0. The Morgan fingerprint density at radius 3 is 2.56 bits per heavy atom. The van der Waals surface area contributed by atoms with Crippen LogP contribution in [0.3, 0.4) is 0 Å². The fourth-order valence-electron chi connectivity index (χ4n) is 3.08. The van der Waals surface area contributed by atoms with E-state index in [0.717, 1.165) is 0 Å². The van der Waals surface area contributed by atoms with Gasteiger partial charge in [-0.1, -0.05) is 23.4 Å². The van der Waals surface area contributed by atoms with Gasteiger partial charge < -0.3 is 10.5 Å². The number of hydrogen-bond donors (Lipinski definition) is 1. The second-order valence-electron chi connectivity index (χ2n) is 5.80. The summed E-state index contributed by atoms with van der Waals surface area (Å²) in [5.41, 5.74) is 8.76. The third kappa shape index (κ3) is 2.44. The fourth-order valence-corrected chi connectivity index (χ4v) is 3.08. The van der Waals surface area contributed by atoms with Crippen molar-refractivity contribution in [2.75, 3.05) is 12.8 Å². The minimum Gasteiger partial charge on any atom is -0.465 e. The molecule has 0 bridgehead atoms. The van der Waals surface area contributed by atoms with Crippen LogP contribution in [0, 0.1) is 10.1 Å². The van der Waals surface area contributed by atoms with E-state index in [0.29, 0.717) is 27.7 Å². The molecule has 2 aromatic heterocycles. The van der Waals surface area contributed by atoms with Crippen LogP contribution in [0.4, 0.5) is 11.4 Å². The zero-order valence-electron chi connectivity index (χ0n) is 14.1. The number of nitrogens with two attached hydrogens (primary N) is 1. The Balaban J connectivity index is 2.06. The van der Waals surface area contributed by atoms with Crippen LogP contribution in [0.5, 0.6) is 0 Å². The minimum atomic E-state index is -0.568. The topological polar surface area (TPSA) is 126 Å². The van der Waals surface area contributed by atoms with E-state index in [1.807, 2.05) is 6.07 Å². The number of rotatable bonds is 3. The molecule has 0 aliphatic heterocycles. The second-order valence-corrected chi connectivity index (χ2v) is 5.80. The number of ether oxygens (including phenoxy) is 1. The summed E-state index contributed by atoms with van der Waals surface area (Å²) in [7, 11) is 1.28. The highest BCUT2D eigenvalue weighted by atomic mass is 16.6. The number of methoxy groups -OCH3 is 1. The van der Waals surface area contributed by atoms with Crippen molar-refractivity contribution in [1.29, 1.82) is 0 Å². The number of esters is 1. The van der Waals surface area contributed by atoms with Gasteiger partial charge in [-0.15, -0.1) is 5.10 Å². The van der Waals surface area contributed by atoms with E-state index in [1.165, 1.54) is 19.2 Å². The molecular formula is C18H13N5O4. The summed E-state index contributed by atoms with van der Waals surface area (Å²) in [5, 5.41) is 19.8. The fraction of sp³-hybridized carbons (Fsp3) is 0.0556. The van der Waals surface area contributed by atoms with Crippen LogP contribution in [0.25, 0.3) is 27.7 Å². The van der Waals surface area contributed by atoms with Crippen LogP contribution in [-0.4, -0.2) is 32.8 Å². The highest BCUT2D eigenvalue weighted by Gasteiger charge is 2.23. The Kier molecular flexibility index (Phi) is 3.69. The highest BCUT2D eigenvalue weighted by molar-refractivity contribution is 6.13. The van der Waals surface area contributed by atoms with Gasteiger partial charge in [-0.2, -0.15) is 0 Å². The number of nitrogen functional groups attached to an aromatic ring is 1. The first kappa shape index (κ1) is 16.5. The first-order chi connectivity index (χ1) is 13.0. The number of aromatic nitrogens is 3. The average molecular weight is 363 g/mol. The summed E-state index contributed by atoms with van der Waals surface area (Å²) in [6.07, 6.45) is 0. The van der Waals surface area contributed by atoms with Gasteiger partial charge in [0.15, 0.2) is 0 Å². The van der Waals surface area contributed by atoms with Crippen molar-refractivity contribution in [3.05, 3.63) is 64.2 Å². The van der Waals surface area contributed by atoms with E-state index in [2.05, 4.69) is 10.3 Å². The number of nitro benzene ring substituents is 1. The molecule has 9 nitrogen and oxygen atoms in total. The van der Waals surface area contributed by atoms with Gasteiger partial charge in [-0.3, -0.25) is 10.1 Å². The SMILES string of the molecule is COC(=O)c1c(N)c2c(-c3ccc([N+](=O)[O-])cc3)nnn2c2ccccc12. The monoisotopic (exact) mass is 363 g/mol. The molecule has 0 aliphatic rings. The van der Waals surface area contributed by atoms with Crippen LogP contribution < -0.4 is 5.73 Å². The molecule has 0 saturated heterocycles. The Labute approximate surface area is 152 Å². The summed E-state index contributed by atoms with van der Waals surface area (Å²) in [6, 6.07) is 13.0. The number of hydrogen-bond acceptors (Lipinski definition) is 7. The molecule has 2 N–H and O–H groups in total. The molecule has 2 heterocycles. The van der Waals surface area contributed by atoms with Crippen LogP contribution in [0.15, 0.2) is 48.5 Å². The van der Waals surface area contributed by atoms with Gasteiger partial charge >= 0.3 is 5.97 Å². The molecule has 134 valence electrons. The Morgan fingerprint density at radius 1 is 1.19 bits per heavy atom. The maximum atomic E-state index is 12.4. The van der Waals surface area contributed by atoms with Gasteiger partial charge in [0.25, 0.3) is 5.69 Å². The van der Waals surface area contributed by atoms with Gasteiger partial charge in [0, 0.05) is 23.1 Å². The number of nitrogens with zero attached hydrogens (tertiary/aromatic N) is 4. The molecule has 0 radical (unpaired) electrons. The zero-order valence-corrected chi connectivity index (χ0v) is 14.1. The first-order valence-electron chi connectivity index (χ1n) is 7.91. The number of fused-ring (bicyclic) bond motifs is 3. The molecule has 27 heavy (non-hydrogen) atoms. The van der Waals surface area contributed by atoms with Crippen LogP contribution in [0.2, 0.25) is 0 Å². The molecule has 0 spiro atoms. The van der Waals surface area contributed by atoms with E-state index in [4.69, 9.17) is 10.5 Å². The van der Waals surface area contributed by atoms with E-state index >= 15 is 0 Å². The van der Waals surface area contributed by atoms with E-state index in [1.54, 1.807) is 34.8 Å². The Morgan fingerprint density at radius 2 is 1.89 bits per heavy atom. The maximum absolute atomic E-state index is 12.4. The quantitative estimate of drug-likeness (QED) is 0.337. The molecule has 0 aliphatic carbocycles. The van der Waals surface area contributed by atoms with E-state index < -0.39 is 10.9 Å². The van der Waals surface area contributed by atoms with Gasteiger partial charge in [-0.05, 0) is 18.2 Å². The van der Waals surface area contributed by atoms with Crippen molar-refractivity contribution in [2.24, 2.45) is 0 Å². The van der Waals surface area contributed by atoms with Crippen molar-refractivity contribution in [1.82, 2.24) is 14.8 Å². The number of carbonyl (C=O) groups is 1. The van der Waals surface area contributed by atoms with Crippen molar-refractivity contribution < 1.29 is 14.5 Å². The first-order valence-corrected chi connectivity index (χ1v) is 7.91. The number of benzene rings is 2. The Hall–Kier alpha value is -4.01. The lowest BCUT2D eigenvalue weighted by molar-refractivity contribution is -0.384. The lowest BCUT2D eigenvalue weighted by atomic mass is 10.0. The van der Waals surface area contributed by atoms with Gasteiger partial charge in [0.1, 0.15) is 11.2 Å². The minimum absolute atomic E-state index is 0.0381. The van der Waals surface area contributed by atoms with Crippen molar-refractivity contribution in [2.45, 2.75) is 0 Å². The molecule has 0 fully saturated rings. The van der Waals surface area contributed by atoms with Crippen molar-refractivity contribution in [3.8, 4) is 11.3 Å². The molecule has 0 unspecified atom stereocenters. The highest BCUT2D eigenvalue weighted by Crippen LogP contribution is 2.34. The van der Waals surface area contributed by atoms with Crippen molar-refractivity contribution >= 4 is 33.8 Å².